The number of allylic oxidation sites excluding steroid dienone is 1. The van der Waals surface area contributed by atoms with E-state index in [-0.39, 0.29) is 0 Å². The van der Waals surface area contributed by atoms with Crippen LogP contribution in [0.5, 0.6) is 0 Å². The van der Waals surface area contributed by atoms with Crippen molar-refractivity contribution in [3.8, 4) is 0 Å². The Bertz CT molecular complexity index is 195. The van der Waals surface area contributed by atoms with Gasteiger partial charge in [-0.25, -0.2) is 0 Å². The van der Waals surface area contributed by atoms with Gasteiger partial charge in [0.25, 0.3) is 0 Å². The van der Waals surface area contributed by atoms with Crippen molar-refractivity contribution in [3.63, 3.8) is 0 Å². The summed E-state index contributed by atoms with van der Waals surface area (Å²) < 4.78 is 0. The molecule has 0 aliphatic heterocycles. The minimum atomic E-state index is 1.04. The van der Waals surface area contributed by atoms with Crippen molar-refractivity contribution in [2.24, 2.45) is 0 Å². The number of hydrogen-bond acceptors (Lipinski definition) is 3. The molecule has 0 heterocycles. The summed E-state index contributed by atoms with van der Waals surface area (Å²) in [5.41, 5.74) is 0. The van der Waals surface area contributed by atoms with Crippen LogP contribution in [0.4, 0.5) is 0 Å². The monoisotopic (exact) mass is 408 g/mol. The Morgan fingerprint density at radius 2 is 0.920 bits per heavy atom. The van der Waals surface area contributed by atoms with Gasteiger partial charge in [0.05, 0.1) is 0 Å². The average Bonchev–Trinajstić information content (AvgIpc) is 2.63. The summed E-state index contributed by atoms with van der Waals surface area (Å²) in [4.78, 5) is 0. The summed E-state index contributed by atoms with van der Waals surface area (Å²) in [5, 5.41) is 1.83. The highest BCUT2D eigenvalue weighted by Crippen LogP contribution is 2.08. The predicted octanol–water partition coefficient (Wildman–Crippen LogP) is 9.17. The molecule has 0 atom stereocenters. The lowest BCUT2D eigenvalue weighted by atomic mass is 10.1. The van der Waals surface area contributed by atoms with Gasteiger partial charge in [-0.2, -0.15) is 37.9 Å². The number of unbranched alkanes of at least 4 members (excludes halogenated alkanes) is 12. The first kappa shape index (κ1) is 30.5. The fourth-order valence-electron chi connectivity index (χ4n) is 2.17. The summed E-state index contributed by atoms with van der Waals surface area (Å²) in [7, 11) is 0. The first-order valence-corrected chi connectivity index (χ1v) is 12.5. The third kappa shape index (κ3) is 45.7. The van der Waals surface area contributed by atoms with Gasteiger partial charge < -0.3 is 0 Å². The first-order valence-electron chi connectivity index (χ1n) is 10.8. The third-order valence-electron chi connectivity index (χ3n) is 3.85. The van der Waals surface area contributed by atoms with E-state index < -0.39 is 0 Å². The first-order chi connectivity index (χ1) is 12.2. The standard InChI is InChI=1S/C10H22S.C8H16S.C4H10S/c1-2-3-4-5-6-7-8-9-10-11;1-2-3-4-5-6-7-8-9;1-2-3-4-5/h11H,2-10H2,1H3;7-9H,2-6H2,1H3;5H,2-4H2,1H3. The zero-order chi connectivity index (χ0) is 19.4. The van der Waals surface area contributed by atoms with Gasteiger partial charge >= 0.3 is 0 Å². The summed E-state index contributed by atoms with van der Waals surface area (Å²) >= 11 is 12.1. The van der Waals surface area contributed by atoms with Gasteiger partial charge in [-0.15, -0.1) is 0 Å². The van der Waals surface area contributed by atoms with E-state index in [1.54, 1.807) is 0 Å². The van der Waals surface area contributed by atoms with Crippen molar-refractivity contribution in [3.05, 3.63) is 11.5 Å². The molecular formula is C22H48S3. The maximum absolute atomic E-state index is 4.18. The Morgan fingerprint density at radius 3 is 1.28 bits per heavy atom. The minimum Gasteiger partial charge on any atom is -0.179 e. The summed E-state index contributed by atoms with van der Waals surface area (Å²) in [6, 6.07) is 0. The van der Waals surface area contributed by atoms with E-state index in [9.17, 15) is 0 Å². The van der Waals surface area contributed by atoms with Crippen molar-refractivity contribution < 1.29 is 0 Å². The lowest BCUT2D eigenvalue weighted by molar-refractivity contribution is 0.586. The molecule has 0 rings (SSSR count). The second kappa shape index (κ2) is 35.8. The van der Waals surface area contributed by atoms with E-state index in [0.29, 0.717) is 0 Å². The number of thiol groups is 3. The molecule has 0 spiro atoms. The van der Waals surface area contributed by atoms with Crippen LogP contribution in [0.3, 0.4) is 0 Å². The molecule has 0 saturated carbocycles. The van der Waals surface area contributed by atoms with Crippen molar-refractivity contribution >= 4 is 37.9 Å². The molecule has 0 radical (unpaired) electrons. The Balaban J connectivity index is -0.000000311. The fraction of sp³-hybridized carbons (Fsp3) is 0.909. The quantitative estimate of drug-likeness (QED) is 0.174. The maximum Gasteiger partial charge on any atom is -0.00979 e. The molecule has 0 amide bonds. The van der Waals surface area contributed by atoms with Crippen LogP contribution in [-0.4, -0.2) is 11.5 Å². The zero-order valence-corrected chi connectivity index (χ0v) is 20.2. The molecule has 0 aromatic rings. The molecule has 3 heteroatoms. The Kier molecular flexibility index (Phi) is 43.7. The van der Waals surface area contributed by atoms with E-state index >= 15 is 0 Å². The van der Waals surface area contributed by atoms with Gasteiger partial charge in [-0.05, 0) is 42.6 Å². The Hall–Kier alpha value is 0.790. The molecular weight excluding hydrogens is 360 g/mol. The van der Waals surface area contributed by atoms with Crippen LogP contribution in [0, 0.1) is 0 Å². The SMILES string of the molecule is CCCCCCC=CS.CCCCCCCCCCS.CCCCS. The second-order valence-electron chi connectivity index (χ2n) is 6.51. The van der Waals surface area contributed by atoms with E-state index in [0.717, 1.165) is 11.5 Å². The lowest BCUT2D eigenvalue weighted by Gasteiger charge is -1.98. The largest absolute Gasteiger partial charge is 0.179 e. The lowest BCUT2D eigenvalue weighted by Crippen LogP contribution is -1.80. The summed E-state index contributed by atoms with van der Waals surface area (Å²) in [5.74, 6) is 2.10. The van der Waals surface area contributed by atoms with Crippen molar-refractivity contribution in [1.29, 1.82) is 0 Å². The van der Waals surface area contributed by atoms with Crippen LogP contribution >= 0.6 is 37.9 Å². The molecule has 0 nitrogen and oxygen atoms in total. The molecule has 0 aliphatic rings. The fourth-order valence-corrected chi connectivity index (χ4v) is 2.86. The van der Waals surface area contributed by atoms with Gasteiger partial charge in [-0.3, -0.25) is 0 Å². The Morgan fingerprint density at radius 1 is 0.520 bits per heavy atom. The number of hydrogen-bond donors (Lipinski definition) is 3. The van der Waals surface area contributed by atoms with Crippen LogP contribution in [0.1, 0.15) is 117 Å². The van der Waals surface area contributed by atoms with Crippen LogP contribution in [0.2, 0.25) is 0 Å². The van der Waals surface area contributed by atoms with E-state index in [4.69, 9.17) is 0 Å². The maximum atomic E-state index is 4.18. The predicted molar refractivity (Wildman–Crippen MR) is 132 cm³/mol. The molecule has 0 fully saturated rings. The molecule has 0 aromatic heterocycles. The smallest absolute Gasteiger partial charge is 0.00979 e. The van der Waals surface area contributed by atoms with Crippen LogP contribution in [0.25, 0.3) is 0 Å². The summed E-state index contributed by atoms with van der Waals surface area (Å²) in [6.07, 6.45) is 22.4. The highest BCUT2D eigenvalue weighted by molar-refractivity contribution is 7.83. The Labute approximate surface area is 177 Å². The van der Waals surface area contributed by atoms with Gasteiger partial charge in [0.15, 0.2) is 0 Å². The molecule has 0 unspecified atom stereocenters. The third-order valence-corrected chi connectivity index (χ3v) is 4.70. The van der Waals surface area contributed by atoms with Crippen LogP contribution in [0.15, 0.2) is 11.5 Å². The molecule has 0 aliphatic carbocycles. The van der Waals surface area contributed by atoms with Crippen LogP contribution < -0.4 is 0 Å². The van der Waals surface area contributed by atoms with Gasteiger partial charge in [0, 0.05) is 0 Å². The molecule has 0 N–H and O–H groups in total. The molecule has 154 valence electrons. The minimum absolute atomic E-state index is 1.04. The highest BCUT2D eigenvalue weighted by Gasteiger charge is 1.89. The van der Waals surface area contributed by atoms with Crippen molar-refractivity contribution in [2.75, 3.05) is 11.5 Å². The summed E-state index contributed by atoms with van der Waals surface area (Å²) in [6.45, 7) is 6.66. The van der Waals surface area contributed by atoms with Crippen molar-refractivity contribution in [2.45, 2.75) is 117 Å². The van der Waals surface area contributed by atoms with Gasteiger partial charge in [0.1, 0.15) is 0 Å². The van der Waals surface area contributed by atoms with Crippen LogP contribution in [-0.2, 0) is 0 Å². The normalized spacial score (nSPS) is 10.2. The highest BCUT2D eigenvalue weighted by atomic mass is 32.1. The van der Waals surface area contributed by atoms with Gasteiger partial charge in [0.2, 0.25) is 0 Å². The van der Waals surface area contributed by atoms with Crippen molar-refractivity contribution in [1.82, 2.24) is 0 Å². The second-order valence-corrected chi connectivity index (χ2v) is 7.70. The molecule has 0 aromatic carbocycles. The van der Waals surface area contributed by atoms with E-state index in [1.807, 2.05) is 5.41 Å². The molecule has 25 heavy (non-hydrogen) atoms. The average molecular weight is 409 g/mol. The molecule has 0 saturated heterocycles. The van der Waals surface area contributed by atoms with E-state index in [2.05, 4.69) is 64.7 Å². The van der Waals surface area contributed by atoms with E-state index in [1.165, 1.54) is 96.3 Å². The molecule has 0 bridgehead atoms. The van der Waals surface area contributed by atoms with Gasteiger partial charge in [-0.1, -0.05) is 97.5 Å². The topological polar surface area (TPSA) is 0 Å². The number of rotatable bonds is 15. The zero-order valence-electron chi connectivity index (χ0n) is 17.5.